The third kappa shape index (κ3) is 5.24. The van der Waals surface area contributed by atoms with Gasteiger partial charge in [-0.05, 0) is 59.4 Å². The van der Waals surface area contributed by atoms with Crippen LogP contribution < -0.4 is 11.5 Å². The van der Waals surface area contributed by atoms with Gasteiger partial charge in [0.1, 0.15) is 17.3 Å². The maximum absolute atomic E-state index is 13.3. The topological polar surface area (TPSA) is 98.1 Å². The summed E-state index contributed by atoms with van der Waals surface area (Å²) < 4.78 is 13.3. The molecule has 0 aliphatic carbocycles. The minimum atomic E-state index is -0.573. The van der Waals surface area contributed by atoms with E-state index in [9.17, 15) is 9.18 Å². The number of carbonyl (C=O) groups is 1. The number of rotatable bonds is 5. The lowest BCUT2D eigenvalue weighted by molar-refractivity contribution is 0.0995. The number of fused-ring (bicyclic) bond motifs is 1. The second-order valence-corrected chi connectivity index (χ2v) is 7.18. The molecule has 1 amide bonds. The van der Waals surface area contributed by atoms with Crippen LogP contribution in [0.5, 0.6) is 0 Å². The first-order valence-electron chi connectivity index (χ1n) is 10.5. The van der Waals surface area contributed by atoms with Gasteiger partial charge in [-0.2, -0.15) is 0 Å². The Morgan fingerprint density at radius 1 is 1.19 bits per heavy atom. The van der Waals surface area contributed by atoms with Crippen molar-refractivity contribution in [2.75, 3.05) is 18.8 Å². The second kappa shape index (κ2) is 10.1. The first-order chi connectivity index (χ1) is 15.0. The molecule has 6 nitrogen and oxygen atoms in total. The Morgan fingerprint density at radius 2 is 1.94 bits per heavy atom. The highest BCUT2D eigenvalue weighted by Gasteiger charge is 2.23. The van der Waals surface area contributed by atoms with Gasteiger partial charge in [0.25, 0.3) is 5.91 Å². The van der Waals surface area contributed by atoms with Crippen LogP contribution in [0.4, 0.5) is 10.2 Å². The summed E-state index contributed by atoms with van der Waals surface area (Å²) in [5, 5.41) is 0. The van der Waals surface area contributed by atoms with E-state index >= 15 is 0 Å². The number of aromatic nitrogens is 2. The van der Waals surface area contributed by atoms with Crippen molar-refractivity contribution in [3.8, 4) is 11.1 Å². The van der Waals surface area contributed by atoms with Crippen LogP contribution in [0.15, 0.2) is 48.7 Å². The van der Waals surface area contributed by atoms with Crippen molar-refractivity contribution in [2.24, 2.45) is 5.73 Å². The van der Waals surface area contributed by atoms with E-state index in [1.807, 2.05) is 26.0 Å². The smallest absolute Gasteiger partial charge is 0.267 e. The predicted molar refractivity (Wildman–Crippen MR) is 121 cm³/mol. The average molecular weight is 422 g/mol. The molecule has 0 atom stereocenters. The fourth-order valence-electron chi connectivity index (χ4n) is 3.74. The van der Waals surface area contributed by atoms with Gasteiger partial charge in [-0.1, -0.05) is 32.0 Å². The van der Waals surface area contributed by atoms with Crippen LogP contribution in [0, 0.1) is 5.82 Å². The number of pyridine rings is 2. The number of nitrogen functional groups attached to an aromatic ring is 1. The molecule has 1 aliphatic rings. The zero-order chi connectivity index (χ0) is 22.4. The summed E-state index contributed by atoms with van der Waals surface area (Å²) in [6.07, 6.45) is 3.26. The quantitative estimate of drug-likeness (QED) is 0.656. The molecule has 3 heterocycles. The summed E-state index contributed by atoms with van der Waals surface area (Å²) in [4.78, 5) is 22.7. The van der Waals surface area contributed by atoms with Crippen molar-refractivity contribution in [1.82, 2.24) is 14.9 Å². The molecular formula is C24H28FN5O. The van der Waals surface area contributed by atoms with Crippen LogP contribution >= 0.6 is 0 Å². The van der Waals surface area contributed by atoms with Crippen LogP contribution in [0.3, 0.4) is 0 Å². The maximum atomic E-state index is 13.3. The Morgan fingerprint density at radius 3 is 2.61 bits per heavy atom. The van der Waals surface area contributed by atoms with E-state index in [4.69, 9.17) is 11.5 Å². The maximum Gasteiger partial charge on any atom is 0.267 e. The van der Waals surface area contributed by atoms with Gasteiger partial charge in [0, 0.05) is 25.8 Å². The number of hydrogen-bond donors (Lipinski definition) is 2. The number of benzene rings is 1. The summed E-state index contributed by atoms with van der Waals surface area (Å²) >= 11 is 0. The lowest BCUT2D eigenvalue weighted by atomic mass is 9.93. The van der Waals surface area contributed by atoms with Crippen molar-refractivity contribution in [2.45, 2.75) is 33.2 Å². The molecule has 0 bridgehead atoms. The molecule has 7 heteroatoms. The number of carbonyl (C=O) groups excluding carboxylic acids is 1. The summed E-state index contributed by atoms with van der Waals surface area (Å²) in [6.45, 7) is 6.29. The summed E-state index contributed by atoms with van der Waals surface area (Å²) in [5.74, 6) is -0.318. The Kier molecular flexibility index (Phi) is 7.31. The average Bonchev–Trinajstić information content (AvgIpc) is 2.79. The highest BCUT2D eigenvalue weighted by Crippen LogP contribution is 2.30. The van der Waals surface area contributed by atoms with Gasteiger partial charge < -0.3 is 11.5 Å². The zero-order valence-electron chi connectivity index (χ0n) is 17.9. The molecule has 1 aliphatic heterocycles. The molecule has 0 saturated heterocycles. The molecule has 3 aromatic rings. The molecule has 0 spiro atoms. The van der Waals surface area contributed by atoms with Gasteiger partial charge in [-0.3, -0.25) is 9.69 Å². The van der Waals surface area contributed by atoms with Gasteiger partial charge in [0.15, 0.2) is 0 Å². The van der Waals surface area contributed by atoms with Gasteiger partial charge in [0.05, 0.1) is 5.69 Å². The number of amides is 1. The molecule has 0 radical (unpaired) electrons. The van der Waals surface area contributed by atoms with Crippen molar-refractivity contribution < 1.29 is 9.18 Å². The van der Waals surface area contributed by atoms with E-state index in [-0.39, 0.29) is 11.5 Å². The lowest BCUT2D eigenvalue weighted by Crippen LogP contribution is -2.34. The normalized spacial score (nSPS) is 13.1. The fraction of sp³-hybridized carbons (Fsp3) is 0.292. The first kappa shape index (κ1) is 22.4. The van der Waals surface area contributed by atoms with E-state index in [0.29, 0.717) is 12.4 Å². The number of primary amides is 1. The molecule has 0 saturated carbocycles. The van der Waals surface area contributed by atoms with Crippen molar-refractivity contribution in [3.63, 3.8) is 0 Å². The minimum absolute atomic E-state index is 0.224. The number of anilines is 1. The predicted octanol–water partition coefficient (Wildman–Crippen LogP) is 3.59. The van der Waals surface area contributed by atoms with E-state index in [0.717, 1.165) is 53.9 Å². The van der Waals surface area contributed by atoms with Crippen LogP contribution in [-0.2, 0) is 19.4 Å². The molecule has 4 rings (SSSR count). The third-order valence-electron chi connectivity index (χ3n) is 5.29. The van der Waals surface area contributed by atoms with Gasteiger partial charge >= 0.3 is 0 Å². The van der Waals surface area contributed by atoms with Crippen molar-refractivity contribution in [3.05, 3.63) is 77.0 Å². The lowest BCUT2D eigenvalue weighted by Gasteiger charge is -2.30. The van der Waals surface area contributed by atoms with E-state index in [2.05, 4.69) is 14.9 Å². The van der Waals surface area contributed by atoms with Gasteiger partial charge in [0.2, 0.25) is 0 Å². The second-order valence-electron chi connectivity index (χ2n) is 7.18. The third-order valence-corrected chi connectivity index (χ3v) is 5.29. The number of halogens is 1. The van der Waals surface area contributed by atoms with Crippen molar-refractivity contribution >= 4 is 11.7 Å². The largest absolute Gasteiger partial charge is 0.383 e. The molecule has 1 aromatic carbocycles. The van der Waals surface area contributed by atoms with Gasteiger partial charge in [-0.15, -0.1) is 0 Å². The van der Waals surface area contributed by atoms with E-state index in [1.54, 1.807) is 24.4 Å². The summed E-state index contributed by atoms with van der Waals surface area (Å²) in [6, 6.07) is 11.8. The minimum Gasteiger partial charge on any atom is -0.383 e. The highest BCUT2D eigenvalue weighted by atomic mass is 19.1. The Balaban J connectivity index is 0.00000132. The summed E-state index contributed by atoms with van der Waals surface area (Å²) in [5.41, 5.74) is 16.4. The SMILES string of the molecule is CC.NC(=O)c1cc(-c2ccc(F)cc2)c2c(n1)CN(CCc1cccnc1N)CC2. The van der Waals surface area contributed by atoms with Crippen LogP contribution in [0.1, 0.15) is 41.2 Å². The standard InChI is InChI=1S/C22H22FN5O.C2H6/c23-16-5-3-14(4-6-16)18-12-19(22(25)29)27-20-13-28(11-8-17(18)20)10-7-15-2-1-9-26-21(15)24;1-2/h1-6,9,12H,7-8,10-11,13H2,(H2,24,26)(H2,25,29);1-2H3. The number of hydrogen-bond acceptors (Lipinski definition) is 5. The van der Waals surface area contributed by atoms with Gasteiger partial charge in [-0.25, -0.2) is 14.4 Å². The number of nitrogens with zero attached hydrogens (tertiary/aromatic N) is 3. The fourth-order valence-corrected chi connectivity index (χ4v) is 3.74. The monoisotopic (exact) mass is 421 g/mol. The molecular weight excluding hydrogens is 393 g/mol. The Bertz CT molecular complexity index is 1050. The highest BCUT2D eigenvalue weighted by molar-refractivity contribution is 5.92. The molecule has 0 unspecified atom stereocenters. The molecule has 162 valence electrons. The first-order valence-corrected chi connectivity index (χ1v) is 10.5. The summed E-state index contributed by atoms with van der Waals surface area (Å²) in [7, 11) is 0. The molecule has 2 aromatic heterocycles. The molecule has 31 heavy (non-hydrogen) atoms. The molecule has 0 fully saturated rings. The number of nitrogens with two attached hydrogens (primary N) is 2. The Hall–Kier alpha value is -3.32. The van der Waals surface area contributed by atoms with Crippen molar-refractivity contribution in [1.29, 1.82) is 0 Å². The van der Waals surface area contributed by atoms with E-state index in [1.165, 1.54) is 12.1 Å². The Labute approximate surface area is 182 Å². The van der Waals surface area contributed by atoms with E-state index < -0.39 is 5.91 Å². The molecule has 4 N–H and O–H groups in total. The van der Waals surface area contributed by atoms with Crippen LogP contribution in [-0.4, -0.2) is 33.9 Å². The van der Waals surface area contributed by atoms with Crippen LogP contribution in [0.25, 0.3) is 11.1 Å². The van der Waals surface area contributed by atoms with Crippen LogP contribution in [0.2, 0.25) is 0 Å². The zero-order valence-corrected chi connectivity index (χ0v) is 17.9.